The van der Waals surface area contributed by atoms with Crippen molar-refractivity contribution in [2.24, 2.45) is 0 Å². The molecular weight excluding hydrogens is 368 g/mol. The predicted octanol–water partition coefficient (Wildman–Crippen LogP) is 4.42. The van der Waals surface area contributed by atoms with Crippen LogP contribution in [0, 0.1) is 0 Å². The van der Waals surface area contributed by atoms with Gasteiger partial charge in [-0.15, -0.1) is 0 Å². The molecule has 0 unspecified atom stereocenters. The molecule has 0 fully saturated rings. The molecule has 1 aromatic heterocycles. The van der Waals surface area contributed by atoms with E-state index in [2.05, 4.69) is 79.1 Å². The van der Waals surface area contributed by atoms with Crippen molar-refractivity contribution >= 4 is 37.5 Å². The number of rotatable bonds is 5. The zero-order valence-corrected chi connectivity index (χ0v) is 14.0. The molecule has 4 heteroatoms. The fourth-order valence-electron chi connectivity index (χ4n) is 1.86. The van der Waals surface area contributed by atoms with Crippen molar-refractivity contribution in [1.82, 2.24) is 4.98 Å². The fourth-order valence-corrected chi connectivity index (χ4v) is 3.23. The minimum absolute atomic E-state index is 0.870. The van der Waals surface area contributed by atoms with E-state index in [0.29, 0.717) is 0 Å². The second-order valence-electron chi connectivity index (χ2n) is 4.44. The number of alkyl halides is 1. The van der Waals surface area contributed by atoms with Crippen LogP contribution in [0.25, 0.3) is 0 Å². The van der Waals surface area contributed by atoms with Crippen molar-refractivity contribution in [3.8, 4) is 0 Å². The highest BCUT2D eigenvalue weighted by molar-refractivity contribution is 9.10. The highest BCUT2D eigenvalue weighted by Gasteiger charge is 2.05. The Labute approximate surface area is 131 Å². The molecule has 2 nitrogen and oxygen atoms in total. The van der Waals surface area contributed by atoms with Crippen LogP contribution >= 0.6 is 31.9 Å². The number of halogens is 2. The third kappa shape index (κ3) is 4.05. The van der Waals surface area contributed by atoms with Crippen molar-refractivity contribution < 1.29 is 0 Å². The van der Waals surface area contributed by atoms with E-state index in [0.717, 1.165) is 22.8 Å². The van der Waals surface area contributed by atoms with Gasteiger partial charge in [0.1, 0.15) is 0 Å². The van der Waals surface area contributed by atoms with Gasteiger partial charge in [0.2, 0.25) is 0 Å². The van der Waals surface area contributed by atoms with Crippen LogP contribution in [0.2, 0.25) is 0 Å². The van der Waals surface area contributed by atoms with Gasteiger partial charge in [-0.3, -0.25) is 4.98 Å². The lowest BCUT2D eigenvalue weighted by molar-refractivity contribution is 0.874. The summed E-state index contributed by atoms with van der Waals surface area (Å²) in [4.78, 5) is 6.30. The number of anilines is 1. The molecule has 0 N–H and O–H groups in total. The molecular formula is C15H16Br2N2. The molecule has 0 amide bonds. The molecule has 0 aliphatic heterocycles. The maximum atomic E-state index is 4.04. The second-order valence-corrected chi connectivity index (χ2v) is 5.85. The van der Waals surface area contributed by atoms with Gasteiger partial charge in [0.15, 0.2) is 0 Å². The zero-order chi connectivity index (χ0) is 13.7. The van der Waals surface area contributed by atoms with Crippen LogP contribution in [-0.4, -0.2) is 18.6 Å². The van der Waals surface area contributed by atoms with Crippen LogP contribution in [0.5, 0.6) is 0 Å². The van der Waals surface area contributed by atoms with Crippen LogP contribution in [0.3, 0.4) is 0 Å². The van der Waals surface area contributed by atoms with Gasteiger partial charge in [-0.25, -0.2) is 0 Å². The maximum absolute atomic E-state index is 4.04. The Hall–Kier alpha value is -0.870. The quantitative estimate of drug-likeness (QED) is 0.710. The number of aromatic nitrogens is 1. The van der Waals surface area contributed by atoms with Crippen molar-refractivity contribution in [2.45, 2.75) is 11.8 Å². The van der Waals surface area contributed by atoms with E-state index in [1.54, 1.807) is 0 Å². The minimum Gasteiger partial charge on any atom is -0.374 e. The zero-order valence-electron chi connectivity index (χ0n) is 10.8. The first kappa shape index (κ1) is 14.5. The van der Waals surface area contributed by atoms with Gasteiger partial charge in [-0.1, -0.05) is 37.9 Å². The van der Waals surface area contributed by atoms with Crippen LogP contribution in [0.15, 0.2) is 47.2 Å². The largest absolute Gasteiger partial charge is 0.374 e. The third-order valence-electron chi connectivity index (χ3n) is 3.11. The van der Waals surface area contributed by atoms with Crippen molar-refractivity contribution in [3.63, 3.8) is 0 Å². The summed E-state index contributed by atoms with van der Waals surface area (Å²) in [5.74, 6) is 0. The van der Waals surface area contributed by atoms with Crippen molar-refractivity contribution in [1.29, 1.82) is 0 Å². The Kier molecular flexibility index (Phi) is 5.40. The minimum atomic E-state index is 0.870. The molecule has 19 heavy (non-hydrogen) atoms. The molecule has 0 spiro atoms. The summed E-state index contributed by atoms with van der Waals surface area (Å²) in [5.41, 5.74) is 3.81. The van der Waals surface area contributed by atoms with Gasteiger partial charge >= 0.3 is 0 Å². The normalized spacial score (nSPS) is 10.5. The van der Waals surface area contributed by atoms with Gasteiger partial charge in [-0.2, -0.15) is 0 Å². The molecule has 0 saturated carbocycles. The number of hydrogen-bond acceptors (Lipinski definition) is 2. The van der Waals surface area contributed by atoms with E-state index in [9.17, 15) is 0 Å². The number of likely N-dealkylation sites (N-methyl/N-ethyl adjacent to an activating group) is 1. The first-order valence-electron chi connectivity index (χ1n) is 6.15. The van der Waals surface area contributed by atoms with Crippen LogP contribution in [0.4, 0.5) is 5.69 Å². The third-order valence-corrected chi connectivity index (χ3v) is 4.45. The average Bonchev–Trinajstić information content (AvgIpc) is 2.45. The molecule has 0 bridgehead atoms. The molecule has 0 radical (unpaired) electrons. The van der Waals surface area contributed by atoms with E-state index in [1.165, 1.54) is 16.8 Å². The summed E-state index contributed by atoms with van der Waals surface area (Å²) >= 11 is 7.09. The SMILES string of the molecule is CN(CCc1ccncc1)c1ccc(CBr)c(Br)c1. The van der Waals surface area contributed by atoms with Crippen LogP contribution < -0.4 is 4.90 Å². The smallest absolute Gasteiger partial charge is 0.0375 e. The summed E-state index contributed by atoms with van der Waals surface area (Å²) in [6.45, 7) is 0.990. The summed E-state index contributed by atoms with van der Waals surface area (Å²) in [6.07, 6.45) is 4.71. The molecule has 0 atom stereocenters. The number of nitrogens with zero attached hydrogens (tertiary/aromatic N) is 2. The number of hydrogen-bond donors (Lipinski definition) is 0. The Morgan fingerprint density at radius 2 is 1.89 bits per heavy atom. The van der Waals surface area contributed by atoms with Crippen LogP contribution in [-0.2, 0) is 11.8 Å². The van der Waals surface area contributed by atoms with E-state index in [-0.39, 0.29) is 0 Å². The molecule has 0 aliphatic carbocycles. The second kappa shape index (κ2) is 7.06. The fraction of sp³-hybridized carbons (Fsp3) is 0.267. The van der Waals surface area contributed by atoms with Gasteiger partial charge < -0.3 is 4.90 Å². The topological polar surface area (TPSA) is 16.1 Å². The van der Waals surface area contributed by atoms with E-state index < -0.39 is 0 Å². The lowest BCUT2D eigenvalue weighted by Gasteiger charge is -2.20. The van der Waals surface area contributed by atoms with Crippen molar-refractivity contribution in [3.05, 3.63) is 58.3 Å². The Balaban J connectivity index is 2.00. The van der Waals surface area contributed by atoms with Gasteiger partial charge in [0.05, 0.1) is 0 Å². The molecule has 1 heterocycles. The molecule has 0 saturated heterocycles. The van der Waals surface area contributed by atoms with Crippen molar-refractivity contribution in [2.75, 3.05) is 18.5 Å². The van der Waals surface area contributed by atoms with E-state index in [4.69, 9.17) is 0 Å². The number of benzene rings is 1. The number of pyridine rings is 1. The van der Waals surface area contributed by atoms with Gasteiger partial charge in [0, 0.05) is 41.5 Å². The summed E-state index contributed by atoms with van der Waals surface area (Å²) in [6, 6.07) is 10.6. The van der Waals surface area contributed by atoms with E-state index in [1.807, 2.05) is 12.4 Å². The van der Waals surface area contributed by atoms with Gasteiger partial charge in [-0.05, 0) is 41.8 Å². The summed E-state index contributed by atoms with van der Waals surface area (Å²) < 4.78 is 1.15. The van der Waals surface area contributed by atoms with Gasteiger partial charge in [0.25, 0.3) is 0 Å². The lowest BCUT2D eigenvalue weighted by Crippen LogP contribution is -2.20. The Bertz CT molecular complexity index is 529. The molecule has 1 aromatic carbocycles. The standard InChI is InChI=1S/C15H16Br2N2/c1-19(9-6-12-4-7-18-8-5-12)14-3-2-13(11-16)15(17)10-14/h2-5,7-8,10H,6,9,11H2,1H3. The first-order chi connectivity index (χ1) is 9.20. The first-order valence-corrected chi connectivity index (χ1v) is 8.06. The van der Waals surface area contributed by atoms with Crippen LogP contribution in [0.1, 0.15) is 11.1 Å². The monoisotopic (exact) mass is 382 g/mol. The Morgan fingerprint density at radius 3 is 2.53 bits per heavy atom. The van der Waals surface area contributed by atoms with E-state index >= 15 is 0 Å². The summed E-state index contributed by atoms with van der Waals surface area (Å²) in [7, 11) is 2.12. The molecule has 2 rings (SSSR count). The lowest BCUT2D eigenvalue weighted by atomic mass is 10.1. The predicted molar refractivity (Wildman–Crippen MR) is 88.0 cm³/mol. The average molecular weight is 384 g/mol. The summed E-state index contributed by atoms with van der Waals surface area (Å²) in [5, 5.41) is 0.870. The molecule has 0 aliphatic rings. The highest BCUT2D eigenvalue weighted by Crippen LogP contribution is 2.25. The molecule has 2 aromatic rings. The highest BCUT2D eigenvalue weighted by atomic mass is 79.9. The Morgan fingerprint density at radius 1 is 1.16 bits per heavy atom. The molecule has 100 valence electrons. The maximum Gasteiger partial charge on any atom is 0.0375 e.